The van der Waals surface area contributed by atoms with Crippen molar-refractivity contribution in [2.45, 2.75) is 0 Å². The molecule has 1 heterocycles. The zero-order valence-corrected chi connectivity index (χ0v) is 14.2. The fraction of sp³-hybridized carbons (Fsp3) is 0. The number of benzene rings is 2. The van der Waals surface area contributed by atoms with Gasteiger partial charge in [0, 0.05) is 12.3 Å². The van der Waals surface area contributed by atoms with Gasteiger partial charge in [-0.15, -0.1) is 0 Å². The van der Waals surface area contributed by atoms with Gasteiger partial charge in [-0.05, 0) is 6.07 Å². The van der Waals surface area contributed by atoms with Crippen LogP contribution in [-0.4, -0.2) is 20.6 Å². The SMILES string of the molecule is O=C(O)c1cn(-c2c(F)cc(F)c([N+](=O)[O-])c2F)c2c(Cl)c(F)c(F)cc2c1=O. The van der Waals surface area contributed by atoms with Gasteiger partial charge in [0.15, 0.2) is 17.5 Å². The Hall–Kier alpha value is -3.54. The van der Waals surface area contributed by atoms with Crippen molar-refractivity contribution >= 4 is 34.2 Å². The lowest BCUT2D eigenvalue weighted by Gasteiger charge is -2.16. The number of hydrogen-bond donors (Lipinski definition) is 1. The first kappa shape index (κ1) is 20.2. The smallest absolute Gasteiger partial charge is 0.342 e. The van der Waals surface area contributed by atoms with Crippen LogP contribution in [-0.2, 0) is 0 Å². The van der Waals surface area contributed by atoms with Gasteiger partial charge in [-0.1, -0.05) is 11.6 Å². The van der Waals surface area contributed by atoms with E-state index in [1.165, 1.54) is 0 Å². The van der Waals surface area contributed by atoms with Gasteiger partial charge in [-0.3, -0.25) is 14.9 Å². The number of nitro groups is 1. The molecular weight excluding hydrogens is 431 g/mol. The van der Waals surface area contributed by atoms with Crippen LogP contribution in [0.2, 0.25) is 5.02 Å². The Morgan fingerprint density at radius 1 is 1.07 bits per heavy atom. The van der Waals surface area contributed by atoms with Crippen molar-refractivity contribution in [2.24, 2.45) is 0 Å². The lowest BCUT2D eigenvalue weighted by atomic mass is 10.1. The van der Waals surface area contributed by atoms with E-state index in [-0.39, 0.29) is 16.7 Å². The number of rotatable bonds is 3. The number of aromatic nitrogens is 1. The standard InChI is InChI=1S/C16H4ClF5N2O5/c17-9-10(21)6(18)1-4-12(9)23(3-5(15(4)25)16(26)27)13-7(19)2-8(20)14(11(13)22)24(28)29/h1-3H,(H,26,27). The molecule has 3 rings (SSSR count). The van der Waals surface area contributed by atoms with E-state index in [4.69, 9.17) is 16.7 Å². The summed E-state index contributed by atoms with van der Waals surface area (Å²) in [5, 5.41) is 18.0. The highest BCUT2D eigenvalue weighted by atomic mass is 35.5. The van der Waals surface area contributed by atoms with E-state index in [9.17, 15) is 41.7 Å². The number of carboxylic acids is 1. The predicted octanol–water partition coefficient (Wildman–Crippen LogP) is 3.95. The molecule has 0 atom stereocenters. The molecule has 0 bridgehead atoms. The van der Waals surface area contributed by atoms with Gasteiger partial charge < -0.3 is 9.67 Å². The van der Waals surface area contributed by atoms with Crippen LogP contribution in [0.25, 0.3) is 16.6 Å². The third-order valence-electron chi connectivity index (χ3n) is 3.90. The van der Waals surface area contributed by atoms with Crippen molar-refractivity contribution in [3.05, 3.63) is 78.3 Å². The number of pyridine rings is 1. The third kappa shape index (κ3) is 2.97. The van der Waals surface area contributed by atoms with Gasteiger partial charge >= 0.3 is 11.7 Å². The van der Waals surface area contributed by atoms with Crippen LogP contribution in [0.4, 0.5) is 27.6 Å². The van der Waals surface area contributed by atoms with Gasteiger partial charge in [0.05, 0.1) is 15.8 Å². The van der Waals surface area contributed by atoms with Crippen LogP contribution in [0, 0.1) is 39.2 Å². The first-order chi connectivity index (χ1) is 13.5. The predicted molar refractivity (Wildman–Crippen MR) is 88.0 cm³/mol. The maximum atomic E-state index is 14.6. The number of hydrogen-bond acceptors (Lipinski definition) is 4. The maximum absolute atomic E-state index is 14.6. The molecule has 0 saturated carbocycles. The van der Waals surface area contributed by atoms with E-state index < -0.39 is 78.3 Å². The molecule has 0 amide bonds. The molecule has 7 nitrogen and oxygen atoms in total. The number of carboxylic acid groups (broad SMARTS) is 1. The summed E-state index contributed by atoms with van der Waals surface area (Å²) >= 11 is 5.65. The molecule has 1 aromatic heterocycles. The Labute approximate surface area is 160 Å². The lowest BCUT2D eigenvalue weighted by molar-refractivity contribution is -0.390. The second-order valence-electron chi connectivity index (χ2n) is 5.54. The number of carbonyl (C=O) groups is 1. The molecule has 0 radical (unpaired) electrons. The molecule has 0 aliphatic rings. The van der Waals surface area contributed by atoms with E-state index in [1.807, 2.05) is 0 Å². The molecule has 3 aromatic rings. The summed E-state index contributed by atoms with van der Waals surface area (Å²) in [6.45, 7) is 0. The van der Waals surface area contributed by atoms with Crippen molar-refractivity contribution in [1.29, 1.82) is 0 Å². The van der Waals surface area contributed by atoms with Gasteiger partial charge in [-0.25, -0.2) is 18.0 Å². The molecular formula is C16H4ClF5N2O5. The van der Waals surface area contributed by atoms with Gasteiger partial charge in [0.25, 0.3) is 0 Å². The average molecular weight is 435 g/mol. The summed E-state index contributed by atoms with van der Waals surface area (Å²) in [4.78, 5) is 33.0. The molecule has 0 saturated heterocycles. The molecule has 13 heteroatoms. The van der Waals surface area contributed by atoms with Crippen LogP contribution in [0.5, 0.6) is 0 Å². The summed E-state index contributed by atoms with van der Waals surface area (Å²) in [7, 11) is 0. The van der Waals surface area contributed by atoms with E-state index in [0.717, 1.165) is 0 Å². The van der Waals surface area contributed by atoms with Crippen molar-refractivity contribution in [1.82, 2.24) is 4.57 Å². The first-order valence-corrected chi connectivity index (χ1v) is 7.63. The minimum atomic E-state index is -2.10. The summed E-state index contributed by atoms with van der Waals surface area (Å²) in [5.41, 5.74) is -6.64. The van der Waals surface area contributed by atoms with Crippen molar-refractivity contribution < 1.29 is 36.8 Å². The monoisotopic (exact) mass is 434 g/mol. The average Bonchev–Trinajstić information content (AvgIpc) is 2.60. The largest absolute Gasteiger partial charge is 0.477 e. The molecule has 0 aliphatic heterocycles. The Morgan fingerprint density at radius 2 is 1.69 bits per heavy atom. The molecule has 1 N–H and O–H groups in total. The highest BCUT2D eigenvalue weighted by Gasteiger charge is 2.31. The number of nitro benzene ring substituents is 1. The Balaban J connectivity index is 2.65. The fourth-order valence-electron chi connectivity index (χ4n) is 2.68. The molecule has 2 aromatic carbocycles. The van der Waals surface area contributed by atoms with Gasteiger partial charge in [-0.2, -0.15) is 8.78 Å². The van der Waals surface area contributed by atoms with Crippen molar-refractivity contribution in [3.8, 4) is 5.69 Å². The van der Waals surface area contributed by atoms with Gasteiger partial charge in [0.2, 0.25) is 17.1 Å². The quantitative estimate of drug-likeness (QED) is 0.291. The van der Waals surface area contributed by atoms with Crippen LogP contribution in [0.3, 0.4) is 0 Å². The topological polar surface area (TPSA) is 102 Å². The van der Waals surface area contributed by atoms with Gasteiger partial charge in [0.1, 0.15) is 16.3 Å². The second kappa shape index (κ2) is 6.81. The summed E-state index contributed by atoms with van der Waals surface area (Å²) in [6, 6.07) is 0.171. The van der Waals surface area contributed by atoms with Crippen molar-refractivity contribution in [2.75, 3.05) is 0 Å². The summed E-state index contributed by atoms with van der Waals surface area (Å²) in [5.74, 6) is -11.1. The normalized spacial score (nSPS) is 11.1. The zero-order valence-electron chi connectivity index (χ0n) is 13.5. The second-order valence-corrected chi connectivity index (χ2v) is 5.92. The van der Waals surface area contributed by atoms with E-state index in [2.05, 4.69) is 0 Å². The molecule has 0 unspecified atom stereocenters. The van der Waals surface area contributed by atoms with Crippen LogP contribution in [0.1, 0.15) is 10.4 Å². The summed E-state index contributed by atoms with van der Waals surface area (Å²) < 4.78 is 70.4. The van der Waals surface area contributed by atoms with Crippen LogP contribution >= 0.6 is 11.6 Å². The molecule has 29 heavy (non-hydrogen) atoms. The highest BCUT2D eigenvalue weighted by Crippen LogP contribution is 2.34. The van der Waals surface area contributed by atoms with Crippen LogP contribution < -0.4 is 5.43 Å². The summed E-state index contributed by atoms with van der Waals surface area (Å²) in [6.07, 6.45) is 0.305. The molecule has 0 spiro atoms. The molecule has 0 aliphatic carbocycles. The zero-order chi connectivity index (χ0) is 21.8. The Kier molecular flexibility index (Phi) is 4.74. The maximum Gasteiger partial charge on any atom is 0.342 e. The highest BCUT2D eigenvalue weighted by molar-refractivity contribution is 6.35. The van der Waals surface area contributed by atoms with Crippen molar-refractivity contribution in [3.63, 3.8) is 0 Å². The molecule has 150 valence electrons. The fourth-order valence-corrected chi connectivity index (χ4v) is 2.96. The Morgan fingerprint density at radius 3 is 2.24 bits per heavy atom. The minimum Gasteiger partial charge on any atom is -0.477 e. The van der Waals surface area contributed by atoms with Crippen LogP contribution in [0.15, 0.2) is 23.1 Å². The number of aromatic carboxylic acids is 1. The minimum absolute atomic E-state index is 0.0747. The first-order valence-electron chi connectivity index (χ1n) is 7.25. The van der Waals surface area contributed by atoms with E-state index in [1.54, 1.807) is 0 Å². The number of fused-ring (bicyclic) bond motifs is 1. The lowest BCUT2D eigenvalue weighted by Crippen LogP contribution is -2.20. The van der Waals surface area contributed by atoms with E-state index >= 15 is 0 Å². The molecule has 0 fully saturated rings. The van der Waals surface area contributed by atoms with E-state index in [0.29, 0.717) is 6.20 Å². The third-order valence-corrected chi connectivity index (χ3v) is 4.25. The number of nitrogens with zero attached hydrogens (tertiary/aromatic N) is 2. The number of halogens is 6. The Bertz CT molecular complexity index is 1310.